The Hall–Kier alpha value is -1.16. The van der Waals surface area contributed by atoms with Gasteiger partial charge in [-0.05, 0) is 31.2 Å². The lowest BCUT2D eigenvalue weighted by Gasteiger charge is -2.39. The molecule has 1 aromatic heterocycles. The number of aryl methyl sites for hydroxylation is 1. The first-order valence-corrected chi connectivity index (χ1v) is 6.93. The van der Waals surface area contributed by atoms with Crippen molar-refractivity contribution in [2.75, 3.05) is 24.5 Å². The molecular weight excluding hydrogens is 224 g/mol. The number of anilines is 1. The number of hydrogen-bond acceptors (Lipinski definition) is 4. The molecule has 2 heterocycles. The molecule has 0 amide bonds. The van der Waals surface area contributed by atoms with Crippen LogP contribution in [0.25, 0.3) is 0 Å². The number of hydrogen-bond donors (Lipinski definition) is 1. The zero-order chi connectivity index (χ0) is 13.0. The average molecular weight is 248 g/mol. The van der Waals surface area contributed by atoms with Crippen molar-refractivity contribution in [2.45, 2.75) is 39.5 Å². The van der Waals surface area contributed by atoms with E-state index in [9.17, 15) is 0 Å². The summed E-state index contributed by atoms with van der Waals surface area (Å²) in [6, 6.07) is 2.13. The van der Waals surface area contributed by atoms with Crippen molar-refractivity contribution in [1.82, 2.24) is 9.97 Å². The van der Waals surface area contributed by atoms with Crippen LogP contribution in [0.4, 0.5) is 5.82 Å². The van der Waals surface area contributed by atoms with E-state index in [-0.39, 0.29) is 0 Å². The molecule has 0 saturated carbocycles. The predicted molar refractivity (Wildman–Crippen MR) is 74.6 cm³/mol. The van der Waals surface area contributed by atoms with Crippen LogP contribution in [-0.2, 0) is 6.42 Å². The van der Waals surface area contributed by atoms with E-state index in [4.69, 9.17) is 5.73 Å². The van der Waals surface area contributed by atoms with E-state index in [1.165, 1.54) is 0 Å². The Morgan fingerprint density at radius 1 is 1.33 bits per heavy atom. The van der Waals surface area contributed by atoms with Gasteiger partial charge in [-0.1, -0.05) is 20.3 Å². The molecule has 1 saturated heterocycles. The Bertz CT molecular complexity index is 383. The predicted octanol–water partition coefficient (Wildman–Crippen LogP) is 1.99. The van der Waals surface area contributed by atoms with Gasteiger partial charge in [0.15, 0.2) is 0 Å². The third-order valence-corrected chi connectivity index (χ3v) is 4.00. The van der Waals surface area contributed by atoms with Crippen LogP contribution in [0.15, 0.2) is 12.4 Å². The largest absolute Gasteiger partial charge is 0.356 e. The summed E-state index contributed by atoms with van der Waals surface area (Å²) in [5, 5.41) is 0. The van der Waals surface area contributed by atoms with Gasteiger partial charge >= 0.3 is 0 Å². The van der Waals surface area contributed by atoms with Gasteiger partial charge in [0, 0.05) is 24.8 Å². The first-order chi connectivity index (χ1) is 8.67. The second kappa shape index (κ2) is 5.65. The second-order valence-corrected chi connectivity index (χ2v) is 5.62. The number of rotatable bonds is 4. The van der Waals surface area contributed by atoms with Crippen molar-refractivity contribution in [3.05, 3.63) is 18.1 Å². The smallest absolute Gasteiger partial charge is 0.132 e. The van der Waals surface area contributed by atoms with E-state index in [2.05, 4.69) is 34.8 Å². The normalized spacial score (nSPS) is 18.9. The summed E-state index contributed by atoms with van der Waals surface area (Å²) >= 11 is 0. The Balaban J connectivity index is 2.03. The van der Waals surface area contributed by atoms with Crippen molar-refractivity contribution in [2.24, 2.45) is 11.1 Å². The third-order valence-electron chi connectivity index (χ3n) is 4.00. The molecule has 0 spiro atoms. The summed E-state index contributed by atoms with van der Waals surface area (Å²) in [5.41, 5.74) is 7.30. The molecule has 0 aromatic carbocycles. The minimum Gasteiger partial charge on any atom is -0.356 e. The van der Waals surface area contributed by atoms with Gasteiger partial charge in [0.25, 0.3) is 0 Å². The van der Waals surface area contributed by atoms with Gasteiger partial charge in [0.2, 0.25) is 0 Å². The topological polar surface area (TPSA) is 55.0 Å². The zero-order valence-corrected chi connectivity index (χ0v) is 11.5. The molecular formula is C14H24N4. The summed E-state index contributed by atoms with van der Waals surface area (Å²) in [5.74, 6) is 1.08. The monoisotopic (exact) mass is 248 g/mol. The van der Waals surface area contributed by atoms with Gasteiger partial charge in [0.1, 0.15) is 12.1 Å². The molecule has 4 nitrogen and oxygen atoms in total. The zero-order valence-electron chi connectivity index (χ0n) is 11.5. The maximum Gasteiger partial charge on any atom is 0.132 e. The van der Waals surface area contributed by atoms with Gasteiger partial charge < -0.3 is 10.6 Å². The summed E-state index contributed by atoms with van der Waals surface area (Å²) in [4.78, 5) is 11.1. The highest BCUT2D eigenvalue weighted by Gasteiger charge is 2.29. The molecule has 4 heteroatoms. The van der Waals surface area contributed by atoms with Gasteiger partial charge in [0.05, 0.1) is 0 Å². The molecule has 1 aromatic rings. The molecule has 1 aliphatic heterocycles. The van der Waals surface area contributed by atoms with E-state index in [0.717, 1.165) is 56.8 Å². The lowest BCUT2D eigenvalue weighted by Crippen LogP contribution is -2.42. The quantitative estimate of drug-likeness (QED) is 0.885. The third kappa shape index (κ3) is 2.99. The van der Waals surface area contributed by atoms with Gasteiger partial charge in [-0.3, -0.25) is 0 Å². The Morgan fingerprint density at radius 3 is 2.67 bits per heavy atom. The van der Waals surface area contributed by atoms with E-state index < -0.39 is 0 Å². The molecule has 0 atom stereocenters. The summed E-state index contributed by atoms with van der Waals surface area (Å²) in [7, 11) is 0. The van der Waals surface area contributed by atoms with Crippen LogP contribution in [0.1, 0.15) is 38.8 Å². The molecule has 2 rings (SSSR count). The number of piperidine rings is 1. The fourth-order valence-corrected chi connectivity index (χ4v) is 2.43. The van der Waals surface area contributed by atoms with Crippen LogP contribution in [-0.4, -0.2) is 29.6 Å². The summed E-state index contributed by atoms with van der Waals surface area (Å²) < 4.78 is 0. The molecule has 1 aliphatic rings. The van der Waals surface area contributed by atoms with Crippen molar-refractivity contribution < 1.29 is 0 Å². The molecule has 0 aliphatic carbocycles. The van der Waals surface area contributed by atoms with Crippen LogP contribution in [0.3, 0.4) is 0 Å². The van der Waals surface area contributed by atoms with Gasteiger partial charge in [-0.15, -0.1) is 0 Å². The molecule has 0 unspecified atom stereocenters. The maximum atomic E-state index is 5.84. The first-order valence-electron chi connectivity index (χ1n) is 6.93. The van der Waals surface area contributed by atoms with E-state index >= 15 is 0 Å². The number of aromatic nitrogens is 2. The van der Waals surface area contributed by atoms with E-state index in [1.807, 2.05) is 0 Å². The van der Waals surface area contributed by atoms with Crippen molar-refractivity contribution in [3.63, 3.8) is 0 Å². The highest BCUT2D eigenvalue weighted by Crippen LogP contribution is 2.31. The lowest BCUT2D eigenvalue weighted by atomic mass is 9.80. The summed E-state index contributed by atoms with van der Waals surface area (Å²) in [6.07, 6.45) is 6.15. The Morgan fingerprint density at radius 2 is 2.06 bits per heavy atom. The minimum atomic E-state index is 0.315. The lowest BCUT2D eigenvalue weighted by molar-refractivity contribution is 0.258. The number of nitrogens with zero attached hydrogens (tertiary/aromatic N) is 3. The molecule has 18 heavy (non-hydrogen) atoms. The van der Waals surface area contributed by atoms with Crippen molar-refractivity contribution in [1.29, 1.82) is 0 Å². The molecule has 100 valence electrons. The van der Waals surface area contributed by atoms with Gasteiger partial charge in [-0.2, -0.15) is 0 Å². The molecule has 0 bridgehead atoms. The van der Waals surface area contributed by atoms with Crippen molar-refractivity contribution in [3.8, 4) is 0 Å². The number of nitrogens with two attached hydrogens (primary N) is 1. The highest BCUT2D eigenvalue weighted by molar-refractivity contribution is 5.39. The highest BCUT2D eigenvalue weighted by atomic mass is 15.2. The van der Waals surface area contributed by atoms with Crippen LogP contribution >= 0.6 is 0 Å². The van der Waals surface area contributed by atoms with Crippen LogP contribution in [0.5, 0.6) is 0 Å². The first kappa shape index (κ1) is 13.3. The standard InChI is InChI=1S/C14H24N4/c1-3-4-12-9-13(17-11-16-12)18-7-5-14(2,10-15)6-8-18/h9,11H,3-8,10,15H2,1-2H3. The fourth-order valence-electron chi connectivity index (χ4n) is 2.43. The Labute approximate surface area is 110 Å². The maximum absolute atomic E-state index is 5.84. The molecule has 1 fully saturated rings. The van der Waals surface area contributed by atoms with Crippen molar-refractivity contribution >= 4 is 5.82 Å². The summed E-state index contributed by atoms with van der Waals surface area (Å²) in [6.45, 7) is 7.35. The van der Waals surface area contributed by atoms with Crippen LogP contribution in [0, 0.1) is 5.41 Å². The average Bonchev–Trinajstić information content (AvgIpc) is 2.40. The van der Waals surface area contributed by atoms with E-state index in [0.29, 0.717) is 5.41 Å². The minimum absolute atomic E-state index is 0.315. The van der Waals surface area contributed by atoms with Crippen LogP contribution in [0.2, 0.25) is 0 Å². The van der Waals surface area contributed by atoms with Gasteiger partial charge in [-0.25, -0.2) is 9.97 Å². The fraction of sp³-hybridized carbons (Fsp3) is 0.714. The SMILES string of the molecule is CCCc1cc(N2CCC(C)(CN)CC2)ncn1. The second-order valence-electron chi connectivity index (χ2n) is 5.62. The van der Waals surface area contributed by atoms with E-state index in [1.54, 1.807) is 6.33 Å². The molecule has 0 radical (unpaired) electrons. The molecule has 2 N–H and O–H groups in total. The Kier molecular flexibility index (Phi) is 4.17. The van der Waals surface area contributed by atoms with Crippen LogP contribution < -0.4 is 10.6 Å².